The number of hydrogen-bond acceptors (Lipinski definition) is 2. The van der Waals surface area contributed by atoms with E-state index in [0.29, 0.717) is 6.04 Å². The zero-order valence-electron chi connectivity index (χ0n) is 11.8. The van der Waals surface area contributed by atoms with Gasteiger partial charge in [-0.25, -0.2) is 0 Å². The van der Waals surface area contributed by atoms with E-state index in [1.54, 1.807) is 0 Å². The van der Waals surface area contributed by atoms with Gasteiger partial charge in [-0.05, 0) is 49.8 Å². The summed E-state index contributed by atoms with van der Waals surface area (Å²) >= 11 is 0. The molecule has 0 radical (unpaired) electrons. The molecule has 0 aromatic heterocycles. The Morgan fingerprint density at radius 3 is 2.79 bits per heavy atom. The monoisotopic (exact) mass is 258 g/mol. The van der Waals surface area contributed by atoms with Gasteiger partial charge in [0.15, 0.2) is 0 Å². The van der Waals surface area contributed by atoms with Gasteiger partial charge in [-0.3, -0.25) is 0 Å². The van der Waals surface area contributed by atoms with Crippen LogP contribution in [0.4, 0.5) is 0 Å². The lowest BCUT2D eigenvalue weighted by molar-refractivity contribution is 0.259. The molecule has 3 rings (SSSR count). The lowest BCUT2D eigenvalue weighted by Crippen LogP contribution is -2.42. The van der Waals surface area contributed by atoms with Gasteiger partial charge in [0.25, 0.3) is 0 Å². The van der Waals surface area contributed by atoms with Gasteiger partial charge in [0.05, 0.1) is 0 Å². The second-order valence-electron chi connectivity index (χ2n) is 6.42. The molecule has 2 nitrogen and oxygen atoms in total. The van der Waals surface area contributed by atoms with Crippen LogP contribution in [-0.4, -0.2) is 12.1 Å². The third kappa shape index (κ3) is 3.01. The van der Waals surface area contributed by atoms with Crippen LogP contribution in [0.2, 0.25) is 0 Å². The minimum Gasteiger partial charge on any atom is -0.325 e. The molecule has 0 bridgehead atoms. The fraction of sp³-hybridized carbons (Fsp3) is 0.647. The number of nitrogens with one attached hydrogen (secondary N) is 1. The van der Waals surface area contributed by atoms with Crippen LogP contribution >= 0.6 is 0 Å². The van der Waals surface area contributed by atoms with Crippen molar-refractivity contribution in [2.75, 3.05) is 6.54 Å². The summed E-state index contributed by atoms with van der Waals surface area (Å²) in [6.45, 7) is 1.11. The van der Waals surface area contributed by atoms with E-state index in [-0.39, 0.29) is 5.54 Å². The highest BCUT2D eigenvalue weighted by atomic mass is 14.9. The van der Waals surface area contributed by atoms with Gasteiger partial charge in [0.1, 0.15) is 0 Å². The zero-order valence-corrected chi connectivity index (χ0v) is 11.8. The van der Waals surface area contributed by atoms with Crippen LogP contribution in [-0.2, 0) is 6.42 Å². The van der Waals surface area contributed by atoms with E-state index in [4.69, 9.17) is 5.73 Å². The van der Waals surface area contributed by atoms with Crippen LogP contribution < -0.4 is 11.1 Å². The van der Waals surface area contributed by atoms with Gasteiger partial charge >= 0.3 is 0 Å². The summed E-state index contributed by atoms with van der Waals surface area (Å²) in [6.07, 6.45) is 10.00. The molecule has 1 aliphatic heterocycles. The molecule has 0 amide bonds. The molecular formula is C17H26N2. The summed E-state index contributed by atoms with van der Waals surface area (Å²) in [5.74, 6) is 0. The van der Waals surface area contributed by atoms with Crippen LogP contribution in [0.3, 0.4) is 0 Å². The number of hydrogen-bond donors (Lipinski definition) is 2. The molecule has 1 fully saturated rings. The zero-order chi connectivity index (χ0) is 13.1. The molecular weight excluding hydrogens is 232 g/mol. The molecule has 1 atom stereocenters. The molecule has 1 aromatic rings. The summed E-state index contributed by atoms with van der Waals surface area (Å²) in [5.41, 5.74) is 9.72. The van der Waals surface area contributed by atoms with Crippen molar-refractivity contribution in [2.45, 2.75) is 62.9 Å². The number of benzene rings is 1. The molecule has 0 spiro atoms. The molecule has 1 unspecified atom stereocenters. The first-order chi connectivity index (χ1) is 9.27. The SMILES string of the molecule is NC1(CCC2NCCc3ccccc32)CCCCC1. The summed E-state index contributed by atoms with van der Waals surface area (Å²) in [5, 5.41) is 3.68. The molecule has 2 aliphatic rings. The van der Waals surface area contributed by atoms with E-state index in [9.17, 15) is 0 Å². The molecule has 0 saturated heterocycles. The predicted molar refractivity (Wildman–Crippen MR) is 80.1 cm³/mol. The molecule has 1 heterocycles. The summed E-state index contributed by atoms with van der Waals surface area (Å²) in [7, 11) is 0. The number of fused-ring (bicyclic) bond motifs is 1. The predicted octanol–water partition coefficient (Wildman–Crippen LogP) is 3.32. The van der Waals surface area contributed by atoms with Crippen LogP contribution in [0.15, 0.2) is 24.3 Å². The summed E-state index contributed by atoms with van der Waals surface area (Å²) in [4.78, 5) is 0. The Bertz CT molecular complexity index is 421. The highest BCUT2D eigenvalue weighted by Gasteiger charge is 2.29. The summed E-state index contributed by atoms with van der Waals surface area (Å²) < 4.78 is 0. The van der Waals surface area contributed by atoms with Crippen molar-refractivity contribution in [1.29, 1.82) is 0 Å². The van der Waals surface area contributed by atoms with Crippen molar-refractivity contribution < 1.29 is 0 Å². The first-order valence-electron chi connectivity index (χ1n) is 7.87. The first kappa shape index (κ1) is 13.1. The first-order valence-corrected chi connectivity index (χ1v) is 7.87. The number of rotatable bonds is 3. The highest BCUT2D eigenvalue weighted by molar-refractivity contribution is 5.32. The van der Waals surface area contributed by atoms with Crippen molar-refractivity contribution in [3.8, 4) is 0 Å². The Morgan fingerprint density at radius 1 is 1.16 bits per heavy atom. The number of nitrogens with two attached hydrogens (primary N) is 1. The van der Waals surface area contributed by atoms with E-state index in [0.717, 1.165) is 6.54 Å². The van der Waals surface area contributed by atoms with E-state index >= 15 is 0 Å². The smallest absolute Gasteiger partial charge is 0.0323 e. The van der Waals surface area contributed by atoms with Crippen molar-refractivity contribution in [3.63, 3.8) is 0 Å². The third-order valence-electron chi connectivity index (χ3n) is 5.00. The molecule has 1 saturated carbocycles. The van der Waals surface area contributed by atoms with Gasteiger partial charge in [0, 0.05) is 11.6 Å². The highest BCUT2D eigenvalue weighted by Crippen LogP contribution is 2.33. The topological polar surface area (TPSA) is 38.0 Å². The van der Waals surface area contributed by atoms with Crippen LogP contribution in [0.25, 0.3) is 0 Å². The second kappa shape index (κ2) is 5.64. The van der Waals surface area contributed by atoms with E-state index in [1.165, 1.54) is 62.5 Å². The van der Waals surface area contributed by atoms with Crippen LogP contribution in [0.1, 0.15) is 62.1 Å². The Morgan fingerprint density at radius 2 is 1.95 bits per heavy atom. The quantitative estimate of drug-likeness (QED) is 0.873. The Balaban J connectivity index is 1.64. The molecule has 104 valence electrons. The van der Waals surface area contributed by atoms with E-state index < -0.39 is 0 Å². The average molecular weight is 258 g/mol. The molecule has 2 heteroatoms. The normalized spacial score (nSPS) is 25.8. The minimum atomic E-state index is 0.117. The van der Waals surface area contributed by atoms with Crippen molar-refractivity contribution >= 4 is 0 Å². The molecule has 19 heavy (non-hydrogen) atoms. The average Bonchev–Trinajstić information content (AvgIpc) is 2.46. The Labute approximate surface area is 116 Å². The van der Waals surface area contributed by atoms with Crippen LogP contribution in [0.5, 0.6) is 0 Å². The van der Waals surface area contributed by atoms with E-state index in [2.05, 4.69) is 29.6 Å². The third-order valence-corrected chi connectivity index (χ3v) is 5.00. The van der Waals surface area contributed by atoms with Gasteiger partial charge in [0.2, 0.25) is 0 Å². The van der Waals surface area contributed by atoms with Crippen LogP contribution in [0, 0.1) is 0 Å². The molecule has 3 N–H and O–H groups in total. The maximum Gasteiger partial charge on any atom is 0.0323 e. The minimum absolute atomic E-state index is 0.117. The van der Waals surface area contributed by atoms with Gasteiger partial charge < -0.3 is 11.1 Å². The van der Waals surface area contributed by atoms with Gasteiger partial charge in [-0.15, -0.1) is 0 Å². The Hall–Kier alpha value is -0.860. The standard InChI is InChI=1S/C17H26N2/c18-17(10-4-1-5-11-17)12-8-16-15-7-3-2-6-14(15)9-13-19-16/h2-3,6-7,16,19H,1,4-5,8-13,18H2. The second-order valence-corrected chi connectivity index (χ2v) is 6.42. The summed E-state index contributed by atoms with van der Waals surface area (Å²) in [6, 6.07) is 9.41. The van der Waals surface area contributed by atoms with Gasteiger partial charge in [-0.2, -0.15) is 0 Å². The largest absolute Gasteiger partial charge is 0.325 e. The fourth-order valence-corrected chi connectivity index (χ4v) is 3.79. The van der Waals surface area contributed by atoms with Gasteiger partial charge in [-0.1, -0.05) is 43.5 Å². The maximum atomic E-state index is 6.57. The Kier molecular flexibility index (Phi) is 3.90. The maximum absolute atomic E-state index is 6.57. The van der Waals surface area contributed by atoms with Crippen molar-refractivity contribution in [2.24, 2.45) is 5.73 Å². The van der Waals surface area contributed by atoms with Crippen molar-refractivity contribution in [3.05, 3.63) is 35.4 Å². The lowest BCUT2D eigenvalue weighted by Gasteiger charge is -2.36. The lowest BCUT2D eigenvalue weighted by atomic mass is 9.77. The molecule has 1 aromatic carbocycles. The molecule has 1 aliphatic carbocycles. The van der Waals surface area contributed by atoms with E-state index in [1.807, 2.05) is 0 Å². The fourth-order valence-electron chi connectivity index (χ4n) is 3.79. The van der Waals surface area contributed by atoms with Crippen molar-refractivity contribution in [1.82, 2.24) is 5.32 Å².